The molecule has 2 aromatic rings. The van der Waals surface area contributed by atoms with E-state index < -0.39 is 0 Å². The lowest BCUT2D eigenvalue weighted by Gasteiger charge is -2.20. The predicted molar refractivity (Wildman–Crippen MR) is 102 cm³/mol. The van der Waals surface area contributed by atoms with E-state index in [0.717, 1.165) is 18.6 Å². The van der Waals surface area contributed by atoms with Gasteiger partial charge in [0.25, 0.3) is 0 Å². The highest BCUT2D eigenvalue weighted by Crippen LogP contribution is 2.09. The number of allylic oxidation sites excluding steroid dienone is 1. The first kappa shape index (κ1) is 17.7. The molecule has 0 N–H and O–H groups in total. The molecule has 0 spiro atoms. The Kier molecular flexibility index (Phi) is 5.97. The fourth-order valence-electron chi connectivity index (χ4n) is 2.35. The van der Waals surface area contributed by atoms with Gasteiger partial charge in [-0.3, -0.25) is 0 Å². The lowest BCUT2D eigenvalue weighted by Crippen LogP contribution is -2.31. The lowest BCUT2D eigenvalue weighted by atomic mass is 10.1. The average molecular weight is 323 g/mol. The van der Waals surface area contributed by atoms with Crippen molar-refractivity contribution < 1.29 is 4.74 Å². The van der Waals surface area contributed by atoms with E-state index in [-0.39, 0.29) is 5.60 Å². The minimum Gasteiger partial charge on any atom is -0.376 e. The Bertz CT molecular complexity index is 668. The molecule has 0 saturated heterocycles. The highest BCUT2D eigenvalue weighted by atomic mass is 28.2. The normalized spacial score (nSPS) is 11.5. The highest BCUT2D eigenvalue weighted by Gasteiger charge is 2.11. The quantitative estimate of drug-likeness (QED) is 0.736. The largest absolute Gasteiger partial charge is 0.376 e. The monoisotopic (exact) mass is 322 g/mol. The zero-order valence-electron chi connectivity index (χ0n) is 14.6. The fourth-order valence-corrected chi connectivity index (χ4v) is 3.61. The van der Waals surface area contributed by atoms with Crippen molar-refractivity contribution in [3.63, 3.8) is 0 Å². The first-order valence-electron chi connectivity index (χ1n) is 8.10. The van der Waals surface area contributed by atoms with Crippen LogP contribution >= 0.6 is 0 Å². The number of hydrogen-bond donors (Lipinski definition) is 0. The molecule has 0 atom stereocenters. The summed E-state index contributed by atoms with van der Waals surface area (Å²) in [6, 6.07) is 17.4. The van der Waals surface area contributed by atoms with E-state index in [4.69, 9.17) is 4.74 Å². The molecule has 0 aliphatic heterocycles. The van der Waals surface area contributed by atoms with Gasteiger partial charge >= 0.3 is 0 Å². The SMILES string of the molecule is C=C(C)c1cccc([Si]c2ccccc2CCOC(C)(C)C)c1. The van der Waals surface area contributed by atoms with Gasteiger partial charge in [0.1, 0.15) is 9.52 Å². The molecular weight excluding hydrogens is 296 g/mol. The molecule has 0 amide bonds. The maximum atomic E-state index is 5.88. The van der Waals surface area contributed by atoms with Gasteiger partial charge in [-0.1, -0.05) is 71.1 Å². The van der Waals surface area contributed by atoms with Crippen LogP contribution in [-0.2, 0) is 11.2 Å². The molecule has 0 aromatic heterocycles. The van der Waals surface area contributed by atoms with Crippen molar-refractivity contribution in [2.75, 3.05) is 6.61 Å². The summed E-state index contributed by atoms with van der Waals surface area (Å²) in [6.07, 6.45) is 0.959. The molecule has 0 aliphatic rings. The minimum atomic E-state index is -0.0763. The molecule has 1 nitrogen and oxygen atoms in total. The molecule has 0 saturated carbocycles. The van der Waals surface area contributed by atoms with Crippen LogP contribution in [0.25, 0.3) is 5.57 Å². The molecule has 2 heteroatoms. The Labute approximate surface area is 143 Å². The maximum absolute atomic E-state index is 5.88. The van der Waals surface area contributed by atoms with Gasteiger partial charge in [0.15, 0.2) is 0 Å². The van der Waals surface area contributed by atoms with Gasteiger partial charge in [-0.25, -0.2) is 0 Å². The van der Waals surface area contributed by atoms with Gasteiger partial charge < -0.3 is 4.74 Å². The Balaban J connectivity index is 2.11. The molecule has 0 fully saturated rings. The zero-order chi connectivity index (χ0) is 16.9. The maximum Gasteiger partial charge on any atom is 0.121 e. The van der Waals surface area contributed by atoms with Crippen LogP contribution in [0.2, 0.25) is 0 Å². The first-order chi connectivity index (χ1) is 10.8. The number of ether oxygens (including phenoxy) is 1. The molecule has 120 valence electrons. The standard InChI is InChI=1S/C21H26OSi/c1-16(2)18-10-8-11-19(15-18)23-20-12-7-6-9-17(20)13-14-22-21(3,4)5/h6-12,15H,1,13-14H2,2-5H3. The number of benzene rings is 2. The number of hydrogen-bond acceptors (Lipinski definition) is 1. The first-order valence-corrected chi connectivity index (χ1v) is 9.10. The molecule has 23 heavy (non-hydrogen) atoms. The van der Waals surface area contributed by atoms with Gasteiger partial charge in [-0.2, -0.15) is 0 Å². The summed E-state index contributed by atoms with van der Waals surface area (Å²) in [4.78, 5) is 0. The second-order valence-corrected chi connectivity index (χ2v) is 8.22. The van der Waals surface area contributed by atoms with Gasteiger partial charge in [-0.05, 0) is 45.2 Å². The van der Waals surface area contributed by atoms with E-state index in [9.17, 15) is 0 Å². The summed E-state index contributed by atoms with van der Waals surface area (Å²) < 4.78 is 5.88. The predicted octanol–water partition coefficient (Wildman–Crippen LogP) is 3.73. The minimum absolute atomic E-state index is 0.0763. The summed E-state index contributed by atoms with van der Waals surface area (Å²) in [5.74, 6) is 0. The molecule has 2 aromatic carbocycles. The third kappa shape index (κ3) is 5.81. The van der Waals surface area contributed by atoms with Crippen LogP contribution in [0.15, 0.2) is 55.1 Å². The van der Waals surface area contributed by atoms with Crippen LogP contribution in [-0.4, -0.2) is 21.7 Å². The van der Waals surface area contributed by atoms with E-state index in [1.165, 1.54) is 21.5 Å². The summed E-state index contributed by atoms with van der Waals surface area (Å²) in [5.41, 5.74) is 3.65. The second-order valence-electron chi connectivity index (χ2n) is 6.85. The summed E-state index contributed by atoms with van der Waals surface area (Å²) in [6.45, 7) is 13.2. The Morgan fingerprint density at radius 2 is 1.83 bits per heavy atom. The van der Waals surface area contributed by atoms with E-state index in [2.05, 4.69) is 82.8 Å². The third-order valence-electron chi connectivity index (χ3n) is 3.56. The average Bonchev–Trinajstić information content (AvgIpc) is 2.48. The van der Waals surface area contributed by atoms with Crippen molar-refractivity contribution in [1.82, 2.24) is 0 Å². The lowest BCUT2D eigenvalue weighted by molar-refractivity contribution is -0.000912. The van der Waals surface area contributed by atoms with Crippen LogP contribution in [0.4, 0.5) is 0 Å². The van der Waals surface area contributed by atoms with Crippen LogP contribution < -0.4 is 10.4 Å². The molecule has 0 unspecified atom stereocenters. The van der Waals surface area contributed by atoms with E-state index >= 15 is 0 Å². The zero-order valence-corrected chi connectivity index (χ0v) is 15.6. The molecule has 2 rings (SSSR count). The van der Waals surface area contributed by atoms with Gasteiger partial charge in [0.05, 0.1) is 12.2 Å². The van der Waals surface area contributed by atoms with Crippen molar-refractivity contribution in [1.29, 1.82) is 0 Å². The van der Waals surface area contributed by atoms with Crippen LogP contribution in [0.3, 0.4) is 0 Å². The van der Waals surface area contributed by atoms with Gasteiger partial charge in [0.2, 0.25) is 0 Å². The Morgan fingerprint density at radius 1 is 1.09 bits per heavy atom. The van der Waals surface area contributed by atoms with E-state index in [1.807, 2.05) is 0 Å². The highest BCUT2D eigenvalue weighted by molar-refractivity contribution is 6.67. The molecule has 2 radical (unpaired) electrons. The van der Waals surface area contributed by atoms with Crippen LogP contribution in [0.1, 0.15) is 38.8 Å². The molecular formula is C21H26OSi. The van der Waals surface area contributed by atoms with Crippen LogP contribution in [0.5, 0.6) is 0 Å². The van der Waals surface area contributed by atoms with Crippen molar-refractivity contribution >= 4 is 25.5 Å². The van der Waals surface area contributed by atoms with Crippen molar-refractivity contribution in [2.45, 2.75) is 39.7 Å². The van der Waals surface area contributed by atoms with Crippen molar-refractivity contribution in [3.05, 3.63) is 66.2 Å². The Morgan fingerprint density at radius 3 is 2.52 bits per heavy atom. The molecule has 0 heterocycles. The van der Waals surface area contributed by atoms with Crippen LogP contribution in [0, 0.1) is 0 Å². The molecule has 0 aliphatic carbocycles. The third-order valence-corrected chi connectivity index (χ3v) is 4.92. The van der Waals surface area contributed by atoms with Crippen molar-refractivity contribution in [3.8, 4) is 0 Å². The van der Waals surface area contributed by atoms with E-state index in [1.54, 1.807) is 0 Å². The van der Waals surface area contributed by atoms with Gasteiger partial charge in [0, 0.05) is 0 Å². The number of rotatable bonds is 6. The summed E-state index contributed by atoms with van der Waals surface area (Å²) in [5, 5.41) is 2.76. The summed E-state index contributed by atoms with van der Waals surface area (Å²) in [7, 11) is 0.666. The fraction of sp³-hybridized carbons (Fsp3) is 0.333. The topological polar surface area (TPSA) is 9.23 Å². The molecule has 0 bridgehead atoms. The Hall–Kier alpha value is -1.64. The van der Waals surface area contributed by atoms with Gasteiger partial charge in [-0.15, -0.1) is 0 Å². The summed E-state index contributed by atoms with van der Waals surface area (Å²) >= 11 is 0. The second kappa shape index (κ2) is 7.76. The van der Waals surface area contributed by atoms with Crippen molar-refractivity contribution in [2.24, 2.45) is 0 Å². The smallest absolute Gasteiger partial charge is 0.121 e. The van der Waals surface area contributed by atoms with E-state index in [0.29, 0.717) is 9.52 Å².